The van der Waals surface area contributed by atoms with E-state index in [1.54, 1.807) is 12.1 Å². The fourth-order valence-corrected chi connectivity index (χ4v) is 5.03. The van der Waals surface area contributed by atoms with Gasteiger partial charge in [-0.05, 0) is 60.5 Å². The number of fused-ring (bicyclic) bond motifs is 1. The summed E-state index contributed by atoms with van der Waals surface area (Å²) in [7, 11) is -3.93. The Hall–Kier alpha value is -3.30. The van der Waals surface area contributed by atoms with Gasteiger partial charge in [0, 0.05) is 16.6 Å². The maximum absolute atomic E-state index is 13.4. The molecule has 0 bridgehead atoms. The molecule has 1 N–H and O–H groups in total. The normalized spacial score (nSPS) is 12.7. The van der Waals surface area contributed by atoms with Gasteiger partial charge in [-0.25, -0.2) is 8.42 Å². The zero-order valence-corrected chi connectivity index (χ0v) is 19.9. The van der Waals surface area contributed by atoms with Crippen molar-refractivity contribution in [2.24, 2.45) is 0 Å². The lowest BCUT2D eigenvalue weighted by molar-refractivity contribution is 0.174. The van der Waals surface area contributed by atoms with Crippen LogP contribution in [0.5, 0.6) is 11.5 Å². The van der Waals surface area contributed by atoms with Gasteiger partial charge < -0.3 is 19.2 Å². The third kappa shape index (κ3) is 4.21. The minimum Gasteiger partial charge on any atom is -0.454 e. The summed E-state index contributed by atoms with van der Waals surface area (Å²) in [6.07, 6.45) is 0. The summed E-state index contributed by atoms with van der Waals surface area (Å²) in [4.78, 5) is 4.53. The number of benzene rings is 3. The number of aromatic nitrogens is 1. The Bertz CT molecular complexity index is 1430. The number of nitrogens with zero attached hydrogens (tertiary/aromatic N) is 1. The molecule has 0 amide bonds. The SMILES string of the molecule is Cc1ccccc1-c1nc(S(=O)(=O)c2ccc(Br)cc2)c(NCc2ccc3c(c2)OCO3)o1. The van der Waals surface area contributed by atoms with Crippen LogP contribution in [0.15, 0.2) is 85.5 Å². The maximum atomic E-state index is 13.4. The Balaban J connectivity index is 1.54. The Morgan fingerprint density at radius 3 is 2.55 bits per heavy atom. The molecule has 5 rings (SSSR count). The highest BCUT2D eigenvalue weighted by atomic mass is 79.9. The molecule has 0 radical (unpaired) electrons. The number of hydrogen-bond donors (Lipinski definition) is 1. The van der Waals surface area contributed by atoms with E-state index >= 15 is 0 Å². The summed E-state index contributed by atoms with van der Waals surface area (Å²) in [6.45, 7) is 2.41. The molecular formula is C24H19BrN2O5S. The largest absolute Gasteiger partial charge is 0.454 e. The van der Waals surface area contributed by atoms with Crippen LogP contribution in [0.25, 0.3) is 11.5 Å². The molecule has 1 aliphatic heterocycles. The molecule has 33 heavy (non-hydrogen) atoms. The van der Waals surface area contributed by atoms with Crippen molar-refractivity contribution in [3.63, 3.8) is 0 Å². The van der Waals surface area contributed by atoms with E-state index in [1.165, 1.54) is 12.1 Å². The van der Waals surface area contributed by atoms with Gasteiger partial charge in [-0.3, -0.25) is 0 Å². The predicted molar refractivity (Wildman–Crippen MR) is 126 cm³/mol. The standard InChI is InChI=1S/C24H19BrN2O5S/c1-15-4-2-3-5-19(15)22-27-24(33(28,29)18-9-7-17(25)8-10-18)23(32-22)26-13-16-6-11-20-21(12-16)31-14-30-20/h2-12,26H,13-14H2,1H3. The third-order valence-corrected chi connectivity index (χ3v) is 7.45. The molecule has 0 aliphatic carbocycles. The molecule has 2 heterocycles. The molecule has 3 aromatic carbocycles. The smallest absolute Gasteiger partial charge is 0.234 e. The second kappa shape index (κ2) is 8.57. The lowest BCUT2D eigenvalue weighted by Gasteiger charge is -2.07. The van der Waals surface area contributed by atoms with Crippen LogP contribution in [0.3, 0.4) is 0 Å². The van der Waals surface area contributed by atoms with E-state index in [0.717, 1.165) is 21.2 Å². The zero-order valence-electron chi connectivity index (χ0n) is 17.5. The van der Waals surface area contributed by atoms with Gasteiger partial charge >= 0.3 is 0 Å². The molecule has 0 saturated carbocycles. The molecule has 9 heteroatoms. The quantitative estimate of drug-likeness (QED) is 0.350. The predicted octanol–water partition coefficient (Wildman–Crippen LogP) is 5.59. The van der Waals surface area contributed by atoms with Gasteiger partial charge in [0.2, 0.25) is 33.4 Å². The van der Waals surface area contributed by atoms with E-state index < -0.39 is 9.84 Å². The number of halogens is 1. The monoisotopic (exact) mass is 526 g/mol. The van der Waals surface area contributed by atoms with E-state index in [9.17, 15) is 8.42 Å². The van der Waals surface area contributed by atoms with E-state index in [1.807, 2.05) is 49.4 Å². The van der Waals surface area contributed by atoms with Crippen LogP contribution < -0.4 is 14.8 Å². The van der Waals surface area contributed by atoms with Gasteiger partial charge in [-0.15, -0.1) is 0 Å². The van der Waals surface area contributed by atoms with E-state index in [2.05, 4.69) is 26.2 Å². The molecule has 1 aliphatic rings. The molecule has 0 saturated heterocycles. The average Bonchev–Trinajstić information content (AvgIpc) is 3.45. The number of rotatable bonds is 6. The lowest BCUT2D eigenvalue weighted by Crippen LogP contribution is -2.07. The molecule has 0 fully saturated rings. The number of aryl methyl sites for hydroxylation is 1. The second-order valence-electron chi connectivity index (χ2n) is 7.47. The Morgan fingerprint density at radius 2 is 1.76 bits per heavy atom. The van der Waals surface area contributed by atoms with Gasteiger partial charge in [0.15, 0.2) is 11.5 Å². The molecular weight excluding hydrogens is 508 g/mol. The van der Waals surface area contributed by atoms with Crippen molar-refractivity contribution < 1.29 is 22.3 Å². The van der Waals surface area contributed by atoms with Crippen LogP contribution in [-0.2, 0) is 16.4 Å². The van der Waals surface area contributed by atoms with Crippen molar-refractivity contribution >= 4 is 31.7 Å². The molecule has 7 nitrogen and oxygen atoms in total. The highest BCUT2D eigenvalue weighted by molar-refractivity contribution is 9.10. The van der Waals surface area contributed by atoms with Crippen LogP contribution in [0, 0.1) is 6.92 Å². The zero-order chi connectivity index (χ0) is 23.0. The summed E-state index contributed by atoms with van der Waals surface area (Å²) < 4.78 is 44.4. The van der Waals surface area contributed by atoms with Crippen LogP contribution >= 0.6 is 15.9 Å². The van der Waals surface area contributed by atoms with Crippen molar-refractivity contribution in [3.05, 3.63) is 82.3 Å². The van der Waals surface area contributed by atoms with Gasteiger partial charge in [-0.2, -0.15) is 4.98 Å². The number of oxazole rings is 1. The maximum Gasteiger partial charge on any atom is 0.234 e. The fourth-order valence-electron chi connectivity index (χ4n) is 3.49. The average molecular weight is 527 g/mol. The van der Waals surface area contributed by atoms with E-state index in [0.29, 0.717) is 18.0 Å². The molecule has 168 valence electrons. The van der Waals surface area contributed by atoms with Crippen LogP contribution in [0.2, 0.25) is 0 Å². The second-order valence-corrected chi connectivity index (χ2v) is 10.2. The van der Waals surface area contributed by atoms with Crippen molar-refractivity contribution in [1.82, 2.24) is 4.98 Å². The molecule has 4 aromatic rings. The number of anilines is 1. The number of hydrogen-bond acceptors (Lipinski definition) is 7. The first-order valence-corrected chi connectivity index (χ1v) is 12.4. The Kier molecular flexibility index (Phi) is 5.59. The highest BCUT2D eigenvalue weighted by Gasteiger charge is 2.29. The minimum absolute atomic E-state index is 0.0776. The number of sulfone groups is 1. The summed E-state index contributed by atoms with van der Waals surface area (Å²) in [6, 6.07) is 19.5. The topological polar surface area (TPSA) is 90.7 Å². The van der Waals surface area contributed by atoms with Crippen LogP contribution in [0.4, 0.5) is 5.88 Å². The van der Waals surface area contributed by atoms with Crippen molar-refractivity contribution in [1.29, 1.82) is 0 Å². The van der Waals surface area contributed by atoms with Crippen molar-refractivity contribution in [2.75, 3.05) is 12.1 Å². The summed E-state index contributed by atoms with van der Waals surface area (Å²) in [5, 5.41) is 2.94. The number of nitrogens with one attached hydrogen (secondary N) is 1. The fraction of sp³-hybridized carbons (Fsp3) is 0.125. The van der Waals surface area contributed by atoms with Gasteiger partial charge in [0.05, 0.1) is 4.90 Å². The first-order chi connectivity index (χ1) is 15.9. The van der Waals surface area contributed by atoms with Gasteiger partial charge in [-0.1, -0.05) is 40.2 Å². The van der Waals surface area contributed by atoms with Gasteiger partial charge in [0.1, 0.15) is 0 Å². The first kappa shape index (κ1) is 21.5. The molecule has 0 atom stereocenters. The molecule has 0 unspecified atom stereocenters. The minimum atomic E-state index is -3.93. The summed E-state index contributed by atoms with van der Waals surface area (Å²) >= 11 is 3.34. The van der Waals surface area contributed by atoms with E-state index in [-0.39, 0.29) is 28.5 Å². The number of ether oxygens (including phenoxy) is 2. The summed E-state index contributed by atoms with van der Waals surface area (Å²) in [5.41, 5.74) is 2.52. The lowest BCUT2D eigenvalue weighted by atomic mass is 10.1. The molecule has 1 aromatic heterocycles. The Labute approximate surface area is 199 Å². The first-order valence-electron chi connectivity index (χ1n) is 10.1. The van der Waals surface area contributed by atoms with E-state index in [4.69, 9.17) is 13.9 Å². The van der Waals surface area contributed by atoms with Gasteiger partial charge in [0.25, 0.3) is 0 Å². The van der Waals surface area contributed by atoms with Crippen molar-refractivity contribution in [2.45, 2.75) is 23.4 Å². The van der Waals surface area contributed by atoms with Crippen molar-refractivity contribution in [3.8, 4) is 23.0 Å². The molecule has 0 spiro atoms. The Morgan fingerprint density at radius 1 is 1.00 bits per heavy atom. The summed E-state index contributed by atoms with van der Waals surface area (Å²) in [5.74, 6) is 1.64. The van der Waals surface area contributed by atoms with Crippen LogP contribution in [0.1, 0.15) is 11.1 Å². The third-order valence-electron chi connectivity index (χ3n) is 5.24. The van der Waals surface area contributed by atoms with Crippen LogP contribution in [-0.4, -0.2) is 20.2 Å². The highest BCUT2D eigenvalue weighted by Crippen LogP contribution is 2.35.